The zero-order chi connectivity index (χ0) is 11.5. The Morgan fingerprint density at radius 2 is 1.29 bits per heavy atom. The van der Waals surface area contributed by atoms with Crippen LogP contribution in [0.1, 0.15) is 54.9 Å². The monoisotopic (exact) mass is 199 g/mol. The number of nitrogens with two attached hydrogens (primary N) is 1. The SMILES string of the molecule is CCC(C)C(C(C)C)(C(C)C)C(C)N. The Labute approximate surface area is 90.5 Å². The van der Waals surface area contributed by atoms with Crippen LogP contribution in [0.15, 0.2) is 0 Å². The third-order valence-electron chi connectivity index (χ3n) is 4.25. The summed E-state index contributed by atoms with van der Waals surface area (Å²) in [6.07, 6.45) is 1.22. The maximum absolute atomic E-state index is 6.25. The lowest BCUT2D eigenvalue weighted by molar-refractivity contribution is 0.0143. The molecule has 0 rings (SSSR count). The predicted molar refractivity (Wildman–Crippen MR) is 65.2 cm³/mol. The van der Waals surface area contributed by atoms with E-state index in [1.165, 1.54) is 6.42 Å². The maximum atomic E-state index is 6.25. The van der Waals surface area contributed by atoms with Crippen molar-refractivity contribution < 1.29 is 0 Å². The van der Waals surface area contributed by atoms with Crippen LogP contribution >= 0.6 is 0 Å². The average Bonchev–Trinajstić information content (AvgIpc) is 2.02. The van der Waals surface area contributed by atoms with E-state index in [1.807, 2.05) is 0 Å². The van der Waals surface area contributed by atoms with Crippen molar-refractivity contribution in [1.29, 1.82) is 0 Å². The minimum absolute atomic E-state index is 0.275. The minimum atomic E-state index is 0.275. The molecule has 0 aromatic heterocycles. The van der Waals surface area contributed by atoms with Crippen LogP contribution in [-0.2, 0) is 0 Å². The summed E-state index contributed by atoms with van der Waals surface area (Å²) < 4.78 is 0. The normalized spacial score (nSPS) is 17.6. The Morgan fingerprint density at radius 1 is 0.929 bits per heavy atom. The fourth-order valence-corrected chi connectivity index (χ4v) is 3.66. The predicted octanol–water partition coefficient (Wildman–Crippen LogP) is 3.68. The molecule has 0 amide bonds. The summed E-state index contributed by atoms with van der Waals surface area (Å²) in [6.45, 7) is 16.1. The average molecular weight is 199 g/mol. The number of hydrogen-bond donors (Lipinski definition) is 1. The molecule has 2 unspecified atom stereocenters. The standard InChI is InChI=1S/C13H29N/c1-8-11(6)13(9(2)3,10(4)5)12(7)14/h9-12H,8,14H2,1-7H3. The summed E-state index contributed by atoms with van der Waals surface area (Å²) in [4.78, 5) is 0. The van der Waals surface area contributed by atoms with Gasteiger partial charge in [0.15, 0.2) is 0 Å². The molecular formula is C13H29N. The molecule has 0 heterocycles. The molecule has 0 saturated carbocycles. The molecule has 0 aliphatic rings. The number of hydrogen-bond acceptors (Lipinski definition) is 1. The van der Waals surface area contributed by atoms with Crippen LogP contribution in [0.5, 0.6) is 0 Å². The van der Waals surface area contributed by atoms with Crippen molar-refractivity contribution in [3.63, 3.8) is 0 Å². The molecule has 0 aromatic carbocycles. The summed E-state index contributed by atoms with van der Waals surface area (Å²) in [5.41, 5.74) is 6.54. The Morgan fingerprint density at radius 3 is 1.36 bits per heavy atom. The molecule has 0 radical (unpaired) electrons. The van der Waals surface area contributed by atoms with Crippen molar-refractivity contribution in [1.82, 2.24) is 0 Å². The molecule has 0 saturated heterocycles. The fourth-order valence-electron chi connectivity index (χ4n) is 3.66. The first kappa shape index (κ1) is 14.0. The Kier molecular flexibility index (Phi) is 5.14. The third kappa shape index (κ3) is 2.13. The molecule has 1 heteroatoms. The van der Waals surface area contributed by atoms with Gasteiger partial charge in [-0.05, 0) is 30.1 Å². The first-order valence-electron chi connectivity index (χ1n) is 6.07. The zero-order valence-corrected chi connectivity index (χ0v) is 11.1. The lowest BCUT2D eigenvalue weighted by atomic mass is 9.57. The highest BCUT2D eigenvalue weighted by Gasteiger charge is 2.44. The fraction of sp³-hybridized carbons (Fsp3) is 1.00. The van der Waals surface area contributed by atoms with E-state index in [0.717, 1.165) is 0 Å². The molecule has 0 aromatic rings. The van der Waals surface area contributed by atoms with Crippen molar-refractivity contribution in [3.8, 4) is 0 Å². The van der Waals surface area contributed by atoms with Crippen molar-refractivity contribution in [3.05, 3.63) is 0 Å². The molecule has 0 spiro atoms. The molecular weight excluding hydrogens is 170 g/mol. The third-order valence-corrected chi connectivity index (χ3v) is 4.25. The Balaban J connectivity index is 5.16. The van der Waals surface area contributed by atoms with Gasteiger partial charge in [0.2, 0.25) is 0 Å². The summed E-state index contributed by atoms with van der Waals surface area (Å²) >= 11 is 0. The first-order chi connectivity index (χ1) is 6.31. The molecule has 2 atom stereocenters. The van der Waals surface area contributed by atoms with Gasteiger partial charge in [-0.15, -0.1) is 0 Å². The van der Waals surface area contributed by atoms with E-state index < -0.39 is 0 Å². The van der Waals surface area contributed by atoms with Crippen LogP contribution in [0.2, 0.25) is 0 Å². The van der Waals surface area contributed by atoms with Crippen molar-refractivity contribution in [2.45, 2.75) is 60.9 Å². The highest BCUT2D eigenvalue weighted by Crippen LogP contribution is 2.46. The van der Waals surface area contributed by atoms with E-state index in [2.05, 4.69) is 48.5 Å². The summed E-state index contributed by atoms with van der Waals surface area (Å²) in [7, 11) is 0. The molecule has 0 aliphatic carbocycles. The van der Waals surface area contributed by atoms with Crippen LogP contribution < -0.4 is 5.73 Å². The van der Waals surface area contributed by atoms with E-state index in [-0.39, 0.29) is 11.5 Å². The van der Waals surface area contributed by atoms with Gasteiger partial charge >= 0.3 is 0 Å². The van der Waals surface area contributed by atoms with Crippen molar-refractivity contribution in [2.75, 3.05) is 0 Å². The van der Waals surface area contributed by atoms with Gasteiger partial charge < -0.3 is 5.73 Å². The van der Waals surface area contributed by atoms with Gasteiger partial charge in [-0.25, -0.2) is 0 Å². The zero-order valence-electron chi connectivity index (χ0n) is 11.1. The van der Waals surface area contributed by atoms with Crippen LogP contribution in [0.3, 0.4) is 0 Å². The van der Waals surface area contributed by atoms with Crippen LogP contribution in [0, 0.1) is 23.2 Å². The summed E-state index contributed by atoms with van der Waals surface area (Å²) in [5.74, 6) is 2.00. The van der Waals surface area contributed by atoms with Gasteiger partial charge in [-0.3, -0.25) is 0 Å². The second kappa shape index (κ2) is 5.16. The molecule has 2 N–H and O–H groups in total. The van der Waals surface area contributed by atoms with Gasteiger partial charge in [-0.2, -0.15) is 0 Å². The van der Waals surface area contributed by atoms with Gasteiger partial charge in [0.05, 0.1) is 0 Å². The molecule has 0 bridgehead atoms. The highest BCUT2D eigenvalue weighted by atomic mass is 14.7. The minimum Gasteiger partial charge on any atom is -0.327 e. The molecule has 0 fully saturated rings. The molecule has 1 nitrogen and oxygen atoms in total. The smallest absolute Gasteiger partial charge is 0.00744 e. The van der Waals surface area contributed by atoms with Crippen molar-refractivity contribution >= 4 is 0 Å². The van der Waals surface area contributed by atoms with Crippen molar-refractivity contribution in [2.24, 2.45) is 28.9 Å². The van der Waals surface area contributed by atoms with Gasteiger partial charge in [0, 0.05) is 6.04 Å². The maximum Gasteiger partial charge on any atom is 0.00744 e. The lowest BCUT2D eigenvalue weighted by Gasteiger charge is -2.49. The van der Waals surface area contributed by atoms with Gasteiger partial charge in [0.25, 0.3) is 0 Å². The molecule has 14 heavy (non-hydrogen) atoms. The Bertz CT molecular complexity index is 137. The van der Waals surface area contributed by atoms with E-state index >= 15 is 0 Å². The largest absolute Gasteiger partial charge is 0.327 e. The van der Waals surface area contributed by atoms with Crippen LogP contribution in [0.25, 0.3) is 0 Å². The Hall–Kier alpha value is -0.0400. The van der Waals surface area contributed by atoms with Crippen LogP contribution in [-0.4, -0.2) is 6.04 Å². The van der Waals surface area contributed by atoms with Crippen LogP contribution in [0.4, 0.5) is 0 Å². The summed E-state index contributed by atoms with van der Waals surface area (Å²) in [5, 5.41) is 0. The van der Waals surface area contributed by atoms with Gasteiger partial charge in [-0.1, -0.05) is 48.0 Å². The second-order valence-electron chi connectivity index (χ2n) is 5.41. The lowest BCUT2D eigenvalue weighted by Crippen LogP contribution is -2.51. The first-order valence-corrected chi connectivity index (χ1v) is 6.07. The quantitative estimate of drug-likeness (QED) is 0.718. The molecule has 0 aliphatic heterocycles. The van der Waals surface area contributed by atoms with E-state index in [9.17, 15) is 0 Å². The van der Waals surface area contributed by atoms with E-state index in [4.69, 9.17) is 5.73 Å². The second-order valence-corrected chi connectivity index (χ2v) is 5.41. The van der Waals surface area contributed by atoms with E-state index in [0.29, 0.717) is 17.8 Å². The topological polar surface area (TPSA) is 26.0 Å². The number of rotatable bonds is 5. The molecule has 86 valence electrons. The highest BCUT2D eigenvalue weighted by molar-refractivity contribution is 4.95. The van der Waals surface area contributed by atoms with E-state index in [1.54, 1.807) is 0 Å². The summed E-state index contributed by atoms with van der Waals surface area (Å²) in [6, 6.07) is 0.275. The van der Waals surface area contributed by atoms with Gasteiger partial charge in [0.1, 0.15) is 0 Å².